The average Bonchev–Trinajstić information content (AvgIpc) is 2.46. The van der Waals surface area contributed by atoms with E-state index < -0.39 is 10.0 Å². The fourth-order valence-corrected chi connectivity index (χ4v) is 4.74. The SMILES string of the molecule is CN(CCN1CCNCC1)S(=O)(=O)C1CCCCC1. The molecule has 1 heterocycles. The van der Waals surface area contributed by atoms with Gasteiger partial charge in [0.2, 0.25) is 10.0 Å². The molecular weight excluding hydrogens is 262 g/mol. The summed E-state index contributed by atoms with van der Waals surface area (Å²) in [6.07, 6.45) is 5.02. The minimum atomic E-state index is -3.07. The molecule has 6 heteroatoms. The number of rotatable bonds is 5. The van der Waals surface area contributed by atoms with Gasteiger partial charge in [-0.3, -0.25) is 4.90 Å². The summed E-state index contributed by atoms with van der Waals surface area (Å²) >= 11 is 0. The van der Waals surface area contributed by atoms with E-state index in [1.54, 1.807) is 11.4 Å². The van der Waals surface area contributed by atoms with Gasteiger partial charge in [-0.05, 0) is 12.8 Å². The molecule has 1 aliphatic heterocycles. The third-order valence-electron chi connectivity index (χ3n) is 4.35. The Morgan fingerprint density at radius 1 is 1.16 bits per heavy atom. The Morgan fingerprint density at radius 3 is 2.42 bits per heavy atom. The summed E-state index contributed by atoms with van der Waals surface area (Å²) in [7, 11) is -1.33. The van der Waals surface area contributed by atoms with Crippen LogP contribution < -0.4 is 5.32 Å². The highest BCUT2D eigenvalue weighted by Gasteiger charge is 2.30. The van der Waals surface area contributed by atoms with E-state index >= 15 is 0 Å². The van der Waals surface area contributed by atoms with E-state index in [1.165, 1.54) is 6.42 Å². The minimum absolute atomic E-state index is 0.130. The van der Waals surface area contributed by atoms with Crippen molar-refractivity contribution in [2.24, 2.45) is 0 Å². The van der Waals surface area contributed by atoms with E-state index in [2.05, 4.69) is 10.2 Å². The lowest BCUT2D eigenvalue weighted by molar-refractivity contribution is 0.228. The third-order valence-corrected chi connectivity index (χ3v) is 6.71. The van der Waals surface area contributed by atoms with Gasteiger partial charge in [0.05, 0.1) is 5.25 Å². The molecule has 1 saturated carbocycles. The van der Waals surface area contributed by atoms with Crippen LogP contribution in [0.3, 0.4) is 0 Å². The predicted molar refractivity (Wildman–Crippen MR) is 77.7 cm³/mol. The second-order valence-electron chi connectivity index (χ2n) is 5.72. The highest BCUT2D eigenvalue weighted by atomic mass is 32.2. The molecule has 2 fully saturated rings. The molecule has 2 rings (SSSR count). The quantitative estimate of drug-likeness (QED) is 0.800. The van der Waals surface area contributed by atoms with E-state index in [0.717, 1.165) is 58.4 Å². The van der Waals surface area contributed by atoms with E-state index in [-0.39, 0.29) is 5.25 Å². The van der Waals surface area contributed by atoms with Crippen LogP contribution in [-0.4, -0.2) is 69.2 Å². The van der Waals surface area contributed by atoms with Crippen molar-refractivity contribution in [3.05, 3.63) is 0 Å². The van der Waals surface area contributed by atoms with Gasteiger partial charge in [0, 0.05) is 46.3 Å². The van der Waals surface area contributed by atoms with Crippen LogP contribution in [-0.2, 0) is 10.0 Å². The highest BCUT2D eigenvalue weighted by Crippen LogP contribution is 2.25. The zero-order chi connectivity index (χ0) is 13.7. The molecule has 19 heavy (non-hydrogen) atoms. The molecule has 5 nitrogen and oxygen atoms in total. The molecule has 0 atom stereocenters. The van der Waals surface area contributed by atoms with Crippen molar-refractivity contribution < 1.29 is 8.42 Å². The molecule has 0 aromatic carbocycles. The molecule has 0 radical (unpaired) electrons. The van der Waals surface area contributed by atoms with Gasteiger partial charge in [-0.2, -0.15) is 0 Å². The smallest absolute Gasteiger partial charge is 0.216 e. The predicted octanol–water partition coefficient (Wildman–Crippen LogP) is 0.486. The number of likely N-dealkylation sites (N-methyl/N-ethyl adjacent to an activating group) is 1. The van der Waals surface area contributed by atoms with Gasteiger partial charge < -0.3 is 5.32 Å². The maximum Gasteiger partial charge on any atom is 0.216 e. The number of nitrogens with one attached hydrogen (secondary N) is 1. The maximum absolute atomic E-state index is 12.5. The Hall–Kier alpha value is -0.170. The zero-order valence-corrected chi connectivity index (χ0v) is 12.8. The topological polar surface area (TPSA) is 52.6 Å². The summed E-state index contributed by atoms with van der Waals surface area (Å²) in [5.41, 5.74) is 0. The van der Waals surface area contributed by atoms with Crippen molar-refractivity contribution in [3.63, 3.8) is 0 Å². The van der Waals surface area contributed by atoms with Crippen LogP contribution in [0.15, 0.2) is 0 Å². The van der Waals surface area contributed by atoms with Crippen molar-refractivity contribution in [1.29, 1.82) is 0 Å². The average molecular weight is 289 g/mol. The van der Waals surface area contributed by atoms with Gasteiger partial charge in [-0.15, -0.1) is 0 Å². The Bertz CT molecular complexity index is 360. The Labute approximate surface area is 117 Å². The summed E-state index contributed by atoms with van der Waals surface area (Å²) in [4.78, 5) is 2.34. The largest absolute Gasteiger partial charge is 0.314 e. The van der Waals surface area contributed by atoms with E-state index in [9.17, 15) is 8.42 Å². The van der Waals surface area contributed by atoms with Crippen molar-refractivity contribution >= 4 is 10.0 Å². The standard InChI is InChI=1S/C13H27N3O2S/c1-15(11-12-16-9-7-14-8-10-16)19(17,18)13-5-3-2-4-6-13/h13-14H,2-12H2,1H3. The molecule has 0 spiro atoms. The number of hydrogen-bond acceptors (Lipinski definition) is 4. The van der Waals surface area contributed by atoms with Gasteiger partial charge in [-0.1, -0.05) is 19.3 Å². The zero-order valence-electron chi connectivity index (χ0n) is 12.0. The maximum atomic E-state index is 12.5. The van der Waals surface area contributed by atoms with Gasteiger partial charge in [0.1, 0.15) is 0 Å². The van der Waals surface area contributed by atoms with Gasteiger partial charge >= 0.3 is 0 Å². The summed E-state index contributed by atoms with van der Waals surface area (Å²) in [6.45, 7) is 5.55. The van der Waals surface area contributed by atoms with Crippen LogP contribution in [0.5, 0.6) is 0 Å². The molecular formula is C13H27N3O2S. The summed E-state index contributed by atoms with van der Waals surface area (Å²) in [5.74, 6) is 0. The minimum Gasteiger partial charge on any atom is -0.314 e. The fraction of sp³-hybridized carbons (Fsp3) is 1.00. The second-order valence-corrected chi connectivity index (χ2v) is 8.04. The van der Waals surface area contributed by atoms with E-state index in [0.29, 0.717) is 6.54 Å². The van der Waals surface area contributed by atoms with Crippen LogP contribution in [0.25, 0.3) is 0 Å². The number of sulfonamides is 1. The lowest BCUT2D eigenvalue weighted by Gasteiger charge is -2.31. The summed E-state index contributed by atoms with van der Waals surface area (Å²) in [5, 5.41) is 3.18. The second kappa shape index (κ2) is 7.02. The monoisotopic (exact) mass is 289 g/mol. The molecule has 0 aromatic heterocycles. The first kappa shape index (κ1) is 15.2. The molecule has 0 unspecified atom stereocenters. The first-order valence-corrected chi connectivity index (χ1v) is 8.99. The van der Waals surface area contributed by atoms with Crippen LogP contribution in [0.1, 0.15) is 32.1 Å². The highest BCUT2D eigenvalue weighted by molar-refractivity contribution is 7.89. The lowest BCUT2D eigenvalue weighted by atomic mass is 10.0. The molecule has 0 bridgehead atoms. The van der Waals surface area contributed by atoms with Crippen LogP contribution >= 0.6 is 0 Å². The molecule has 0 amide bonds. The van der Waals surface area contributed by atoms with Crippen molar-refractivity contribution in [2.75, 3.05) is 46.3 Å². The molecule has 2 aliphatic rings. The lowest BCUT2D eigenvalue weighted by Crippen LogP contribution is -2.47. The van der Waals surface area contributed by atoms with Gasteiger partial charge in [0.15, 0.2) is 0 Å². The van der Waals surface area contributed by atoms with Crippen LogP contribution in [0.4, 0.5) is 0 Å². The van der Waals surface area contributed by atoms with Crippen molar-refractivity contribution in [1.82, 2.24) is 14.5 Å². The number of hydrogen-bond donors (Lipinski definition) is 1. The Balaban J connectivity index is 1.81. The summed E-state index contributed by atoms with van der Waals surface area (Å²) in [6, 6.07) is 0. The fourth-order valence-electron chi connectivity index (χ4n) is 2.96. The Kier molecular flexibility index (Phi) is 5.62. The summed E-state index contributed by atoms with van der Waals surface area (Å²) < 4.78 is 26.5. The van der Waals surface area contributed by atoms with Crippen LogP contribution in [0.2, 0.25) is 0 Å². The van der Waals surface area contributed by atoms with Crippen molar-refractivity contribution in [2.45, 2.75) is 37.4 Å². The van der Waals surface area contributed by atoms with E-state index in [4.69, 9.17) is 0 Å². The third kappa shape index (κ3) is 4.15. The van der Waals surface area contributed by atoms with Crippen molar-refractivity contribution in [3.8, 4) is 0 Å². The number of piperazine rings is 1. The number of nitrogens with zero attached hydrogens (tertiary/aromatic N) is 2. The normalized spacial score (nSPS) is 23.9. The molecule has 112 valence electrons. The molecule has 1 aliphatic carbocycles. The first-order chi connectivity index (χ1) is 9.10. The Morgan fingerprint density at radius 2 is 1.79 bits per heavy atom. The van der Waals surface area contributed by atoms with E-state index in [1.807, 2.05) is 0 Å². The van der Waals surface area contributed by atoms with Gasteiger partial charge in [-0.25, -0.2) is 12.7 Å². The molecule has 0 aromatic rings. The molecule has 1 saturated heterocycles. The molecule has 1 N–H and O–H groups in total. The van der Waals surface area contributed by atoms with Crippen LogP contribution in [0, 0.1) is 0 Å². The van der Waals surface area contributed by atoms with Gasteiger partial charge in [0.25, 0.3) is 0 Å². The first-order valence-electron chi connectivity index (χ1n) is 7.49.